The Labute approximate surface area is 198 Å². The average Bonchev–Trinajstić information content (AvgIpc) is 3.29. The Morgan fingerprint density at radius 2 is 1.85 bits per heavy atom. The lowest BCUT2D eigenvalue weighted by Crippen LogP contribution is -2.33. The first kappa shape index (κ1) is 22.2. The van der Waals surface area contributed by atoms with E-state index in [1.54, 1.807) is 10.7 Å². The Bertz CT molecular complexity index is 1340. The number of benzene rings is 1. The number of ketones is 1. The van der Waals surface area contributed by atoms with Gasteiger partial charge in [-0.25, -0.2) is 4.98 Å². The second kappa shape index (κ2) is 8.65. The summed E-state index contributed by atoms with van der Waals surface area (Å²) in [5, 5.41) is 15.1. The van der Waals surface area contributed by atoms with Crippen LogP contribution in [0.4, 0.5) is 5.82 Å². The van der Waals surface area contributed by atoms with E-state index >= 15 is 0 Å². The Morgan fingerprint density at radius 3 is 2.47 bits per heavy atom. The fourth-order valence-electron chi connectivity index (χ4n) is 5.01. The molecule has 1 aliphatic rings. The highest BCUT2D eigenvalue weighted by atomic mass is 16.3. The van der Waals surface area contributed by atoms with Gasteiger partial charge in [-0.15, -0.1) is 0 Å². The van der Waals surface area contributed by atoms with Gasteiger partial charge in [-0.05, 0) is 45.1 Å². The van der Waals surface area contributed by atoms with Crippen LogP contribution in [0.25, 0.3) is 28.0 Å². The number of nitrogen functional groups attached to an aromatic ring is 1. The summed E-state index contributed by atoms with van der Waals surface area (Å²) in [6, 6.07) is 14.0. The highest BCUT2D eigenvalue weighted by Crippen LogP contribution is 2.41. The molecule has 34 heavy (non-hydrogen) atoms. The SMILES string of the molecule is CCC1(O)CCC(c2nc3c(-c4ccc(-c5ccccc5)nc4)cnn3c(N)c2C(C)=O)CC1. The van der Waals surface area contributed by atoms with E-state index in [-0.39, 0.29) is 11.7 Å². The molecule has 7 nitrogen and oxygen atoms in total. The molecule has 1 aliphatic carbocycles. The lowest BCUT2D eigenvalue weighted by Gasteiger charge is -2.35. The molecule has 0 atom stereocenters. The molecule has 0 bridgehead atoms. The third kappa shape index (κ3) is 3.86. The fourth-order valence-corrected chi connectivity index (χ4v) is 5.01. The summed E-state index contributed by atoms with van der Waals surface area (Å²) in [6.07, 6.45) is 7.19. The monoisotopic (exact) mass is 455 g/mol. The van der Waals surface area contributed by atoms with Crippen LogP contribution < -0.4 is 5.73 Å². The van der Waals surface area contributed by atoms with Gasteiger partial charge in [0.05, 0.1) is 28.7 Å². The molecule has 174 valence electrons. The molecular formula is C27H29N5O2. The van der Waals surface area contributed by atoms with Gasteiger partial charge >= 0.3 is 0 Å². The third-order valence-electron chi connectivity index (χ3n) is 7.17. The van der Waals surface area contributed by atoms with Crippen molar-refractivity contribution < 1.29 is 9.90 Å². The highest BCUT2D eigenvalue weighted by molar-refractivity contribution is 6.00. The molecule has 1 aromatic carbocycles. The van der Waals surface area contributed by atoms with E-state index < -0.39 is 5.60 Å². The largest absolute Gasteiger partial charge is 0.390 e. The molecule has 3 heterocycles. The van der Waals surface area contributed by atoms with Crippen LogP contribution in [0.1, 0.15) is 67.9 Å². The van der Waals surface area contributed by atoms with Gasteiger partial charge in [-0.2, -0.15) is 9.61 Å². The Hall–Kier alpha value is -3.58. The summed E-state index contributed by atoms with van der Waals surface area (Å²) in [6.45, 7) is 3.53. The number of hydrogen-bond acceptors (Lipinski definition) is 6. The molecular weight excluding hydrogens is 426 g/mol. The Balaban J connectivity index is 1.57. The zero-order valence-corrected chi connectivity index (χ0v) is 19.5. The van der Waals surface area contributed by atoms with Gasteiger partial charge in [0.2, 0.25) is 0 Å². The number of nitrogens with two attached hydrogens (primary N) is 1. The molecule has 5 rings (SSSR count). The smallest absolute Gasteiger partial charge is 0.165 e. The van der Waals surface area contributed by atoms with Crippen molar-refractivity contribution in [3.8, 4) is 22.4 Å². The molecule has 1 saturated carbocycles. The van der Waals surface area contributed by atoms with E-state index in [9.17, 15) is 9.90 Å². The first-order valence-corrected chi connectivity index (χ1v) is 11.8. The molecule has 0 unspecified atom stereocenters. The van der Waals surface area contributed by atoms with Crippen molar-refractivity contribution >= 4 is 17.2 Å². The second-order valence-electron chi connectivity index (χ2n) is 9.26. The summed E-state index contributed by atoms with van der Waals surface area (Å²) in [5.74, 6) is 0.257. The molecule has 0 radical (unpaired) electrons. The van der Waals surface area contributed by atoms with Gasteiger partial charge in [0.25, 0.3) is 0 Å². The van der Waals surface area contributed by atoms with Crippen LogP contribution in [0.3, 0.4) is 0 Å². The number of Topliss-reactive ketones (excluding diaryl/α,β-unsaturated/α-hetero) is 1. The van der Waals surface area contributed by atoms with Crippen molar-refractivity contribution in [3.05, 3.63) is 66.1 Å². The van der Waals surface area contributed by atoms with Crippen LogP contribution in [-0.2, 0) is 0 Å². The molecule has 7 heteroatoms. The number of hydrogen-bond donors (Lipinski definition) is 2. The topological polar surface area (TPSA) is 106 Å². The van der Waals surface area contributed by atoms with Gasteiger partial charge in [0, 0.05) is 28.8 Å². The number of nitrogens with zero attached hydrogens (tertiary/aromatic N) is 4. The number of fused-ring (bicyclic) bond motifs is 1. The van der Waals surface area contributed by atoms with E-state index in [0.29, 0.717) is 35.6 Å². The van der Waals surface area contributed by atoms with Gasteiger partial charge < -0.3 is 10.8 Å². The summed E-state index contributed by atoms with van der Waals surface area (Å²) in [7, 11) is 0. The Kier molecular flexibility index (Phi) is 5.65. The number of aromatic nitrogens is 4. The molecule has 0 spiro atoms. The van der Waals surface area contributed by atoms with E-state index in [2.05, 4.69) is 10.1 Å². The first-order chi connectivity index (χ1) is 16.4. The fraction of sp³-hybridized carbons (Fsp3) is 0.333. The van der Waals surface area contributed by atoms with Crippen molar-refractivity contribution in [2.24, 2.45) is 0 Å². The molecule has 0 saturated heterocycles. The lowest BCUT2D eigenvalue weighted by atomic mass is 9.75. The Morgan fingerprint density at radius 1 is 1.12 bits per heavy atom. The average molecular weight is 456 g/mol. The minimum absolute atomic E-state index is 0.0688. The van der Waals surface area contributed by atoms with E-state index in [0.717, 1.165) is 41.6 Å². The van der Waals surface area contributed by atoms with E-state index in [1.165, 1.54) is 6.92 Å². The normalized spacial score (nSPS) is 20.5. The van der Waals surface area contributed by atoms with Crippen molar-refractivity contribution in [2.75, 3.05) is 5.73 Å². The van der Waals surface area contributed by atoms with Gasteiger partial charge in [-0.1, -0.05) is 43.3 Å². The van der Waals surface area contributed by atoms with Crippen molar-refractivity contribution in [2.45, 2.75) is 57.5 Å². The van der Waals surface area contributed by atoms with Crippen LogP contribution in [0, 0.1) is 0 Å². The maximum absolute atomic E-state index is 12.6. The summed E-state index contributed by atoms with van der Waals surface area (Å²) < 4.78 is 1.55. The van der Waals surface area contributed by atoms with Crippen LogP contribution in [-0.4, -0.2) is 36.1 Å². The van der Waals surface area contributed by atoms with Gasteiger partial charge in [0.1, 0.15) is 5.82 Å². The predicted molar refractivity (Wildman–Crippen MR) is 133 cm³/mol. The van der Waals surface area contributed by atoms with E-state index in [4.69, 9.17) is 10.7 Å². The second-order valence-corrected chi connectivity index (χ2v) is 9.26. The zero-order valence-electron chi connectivity index (χ0n) is 19.5. The van der Waals surface area contributed by atoms with Gasteiger partial charge in [-0.3, -0.25) is 9.78 Å². The van der Waals surface area contributed by atoms with Crippen molar-refractivity contribution in [1.82, 2.24) is 19.6 Å². The third-order valence-corrected chi connectivity index (χ3v) is 7.17. The number of anilines is 1. The van der Waals surface area contributed by atoms with Crippen LogP contribution >= 0.6 is 0 Å². The minimum atomic E-state index is -0.628. The van der Waals surface area contributed by atoms with Gasteiger partial charge in [0.15, 0.2) is 11.4 Å². The number of aliphatic hydroxyl groups is 1. The van der Waals surface area contributed by atoms with Crippen LogP contribution in [0.15, 0.2) is 54.9 Å². The molecule has 3 N–H and O–H groups in total. The van der Waals surface area contributed by atoms with Crippen LogP contribution in [0.5, 0.6) is 0 Å². The minimum Gasteiger partial charge on any atom is -0.390 e. The predicted octanol–water partition coefficient (Wildman–Crippen LogP) is 5.04. The molecule has 4 aromatic rings. The first-order valence-electron chi connectivity index (χ1n) is 11.8. The standard InChI is InChI=1S/C27H29N5O2/c1-3-27(34)13-11-19(12-14-27)24-23(17(2)33)25(28)32-26(31-24)21(16-30-32)20-9-10-22(29-15-20)18-7-5-4-6-8-18/h4-10,15-16,19,34H,3,11-14,28H2,1-2H3. The highest BCUT2D eigenvalue weighted by Gasteiger charge is 2.35. The van der Waals surface area contributed by atoms with Crippen LogP contribution in [0.2, 0.25) is 0 Å². The molecule has 1 fully saturated rings. The molecule has 3 aromatic heterocycles. The lowest BCUT2D eigenvalue weighted by molar-refractivity contribution is -0.00451. The van der Waals surface area contributed by atoms with E-state index in [1.807, 2.05) is 55.6 Å². The summed E-state index contributed by atoms with van der Waals surface area (Å²) in [5.41, 5.74) is 11.2. The quantitative estimate of drug-likeness (QED) is 0.408. The number of pyridine rings is 1. The zero-order chi connectivity index (χ0) is 23.9. The van der Waals surface area contributed by atoms with Crippen molar-refractivity contribution in [3.63, 3.8) is 0 Å². The summed E-state index contributed by atoms with van der Waals surface area (Å²) in [4.78, 5) is 22.2. The maximum Gasteiger partial charge on any atom is 0.165 e. The number of carbonyl (C=O) groups excluding carboxylic acids is 1. The van der Waals surface area contributed by atoms with Crippen molar-refractivity contribution in [1.29, 1.82) is 0 Å². The number of rotatable bonds is 5. The maximum atomic E-state index is 12.6. The molecule has 0 amide bonds. The number of carbonyl (C=O) groups is 1. The molecule has 0 aliphatic heterocycles. The summed E-state index contributed by atoms with van der Waals surface area (Å²) >= 11 is 0.